The third kappa shape index (κ3) is 11.3. The average Bonchev–Trinajstić information content (AvgIpc) is 2.24. The lowest BCUT2D eigenvalue weighted by Gasteiger charge is -2.07. The number of hydrogen-bond acceptors (Lipinski definition) is 1. The van der Waals surface area contributed by atoms with Crippen LogP contribution >= 0.6 is 0 Å². The van der Waals surface area contributed by atoms with Gasteiger partial charge in [0, 0.05) is 13.3 Å². The molecule has 0 spiro atoms. The lowest BCUT2D eigenvalue weighted by Crippen LogP contribution is -1.92. The van der Waals surface area contributed by atoms with Crippen molar-refractivity contribution in [1.29, 1.82) is 0 Å². The molecule has 0 aliphatic rings. The molecule has 0 fully saturated rings. The minimum Gasteiger partial charge on any atom is -0.297 e. The van der Waals surface area contributed by atoms with Crippen LogP contribution in [0, 0.1) is 5.92 Å². The smallest absolute Gasteiger partial charge is 0.0277 e. The predicted octanol–water partition coefficient (Wildman–Crippen LogP) is 4.63. The first-order valence-electron chi connectivity index (χ1n) is 6.38. The topological polar surface area (TPSA) is 12.4 Å². The van der Waals surface area contributed by atoms with Gasteiger partial charge < -0.3 is 0 Å². The Labute approximate surface area is 95.7 Å². The van der Waals surface area contributed by atoms with Crippen molar-refractivity contribution in [2.24, 2.45) is 10.9 Å². The van der Waals surface area contributed by atoms with E-state index in [0.717, 1.165) is 5.92 Å². The molecule has 0 saturated heterocycles. The molecule has 0 N–H and O–H groups in total. The van der Waals surface area contributed by atoms with E-state index in [2.05, 4.69) is 24.9 Å². The molecule has 0 aromatic heterocycles. The molecule has 88 valence electrons. The van der Waals surface area contributed by atoms with Crippen molar-refractivity contribution in [3.63, 3.8) is 0 Å². The molecule has 0 aliphatic heterocycles. The van der Waals surface area contributed by atoms with Gasteiger partial charge in [0.15, 0.2) is 0 Å². The molecule has 1 atom stereocenters. The zero-order valence-electron chi connectivity index (χ0n) is 10.7. The van der Waals surface area contributed by atoms with Crippen molar-refractivity contribution in [1.82, 2.24) is 0 Å². The summed E-state index contributed by atoms with van der Waals surface area (Å²) in [5, 5.41) is 0. The normalized spacial score (nSPS) is 14.1. The van der Waals surface area contributed by atoms with E-state index in [1.807, 2.05) is 19.3 Å². The SMILES string of the molecule is CCCCCCCC(C)C/C=C/C=NC. The minimum absolute atomic E-state index is 0.827. The van der Waals surface area contributed by atoms with E-state index in [-0.39, 0.29) is 0 Å². The Morgan fingerprint density at radius 1 is 1.13 bits per heavy atom. The van der Waals surface area contributed by atoms with Gasteiger partial charge in [-0.3, -0.25) is 4.99 Å². The van der Waals surface area contributed by atoms with E-state index >= 15 is 0 Å². The van der Waals surface area contributed by atoms with Crippen molar-refractivity contribution in [2.45, 2.75) is 58.8 Å². The number of hydrogen-bond donors (Lipinski definition) is 0. The molecular formula is C14H27N. The van der Waals surface area contributed by atoms with E-state index < -0.39 is 0 Å². The van der Waals surface area contributed by atoms with Crippen LogP contribution in [0.25, 0.3) is 0 Å². The second-order valence-electron chi connectivity index (χ2n) is 4.38. The number of rotatable bonds is 9. The summed E-state index contributed by atoms with van der Waals surface area (Å²) in [5.74, 6) is 0.827. The highest BCUT2D eigenvalue weighted by Crippen LogP contribution is 2.14. The Hall–Kier alpha value is -0.590. The van der Waals surface area contributed by atoms with Crippen molar-refractivity contribution in [3.8, 4) is 0 Å². The van der Waals surface area contributed by atoms with Gasteiger partial charge in [0.2, 0.25) is 0 Å². The standard InChI is InChI=1S/C14H27N/c1-4-5-6-7-8-11-14(2)12-9-10-13-15-3/h9-10,13-14H,4-8,11-12H2,1-3H3/b10-9+,15-13?. The van der Waals surface area contributed by atoms with Gasteiger partial charge in [0.25, 0.3) is 0 Å². The van der Waals surface area contributed by atoms with Crippen LogP contribution in [0.15, 0.2) is 17.1 Å². The van der Waals surface area contributed by atoms with Gasteiger partial charge in [-0.1, -0.05) is 58.4 Å². The van der Waals surface area contributed by atoms with E-state index in [9.17, 15) is 0 Å². The summed E-state index contributed by atoms with van der Waals surface area (Å²) in [5.41, 5.74) is 0. The van der Waals surface area contributed by atoms with Crippen molar-refractivity contribution >= 4 is 6.21 Å². The molecule has 0 radical (unpaired) electrons. The van der Waals surface area contributed by atoms with Crippen LogP contribution in [0.3, 0.4) is 0 Å². The molecule has 0 aliphatic carbocycles. The summed E-state index contributed by atoms with van der Waals surface area (Å²) >= 11 is 0. The molecule has 0 aromatic carbocycles. The highest BCUT2D eigenvalue weighted by Gasteiger charge is 1.98. The van der Waals surface area contributed by atoms with E-state index in [4.69, 9.17) is 0 Å². The molecule has 1 heteroatoms. The third-order valence-corrected chi connectivity index (χ3v) is 2.71. The van der Waals surface area contributed by atoms with Crippen molar-refractivity contribution < 1.29 is 0 Å². The number of aliphatic imine (C=N–C) groups is 1. The van der Waals surface area contributed by atoms with Crippen molar-refractivity contribution in [2.75, 3.05) is 7.05 Å². The minimum atomic E-state index is 0.827. The molecular weight excluding hydrogens is 182 g/mol. The largest absolute Gasteiger partial charge is 0.297 e. The summed E-state index contributed by atoms with van der Waals surface area (Å²) in [6, 6.07) is 0. The van der Waals surface area contributed by atoms with Crippen molar-refractivity contribution in [3.05, 3.63) is 12.2 Å². The summed E-state index contributed by atoms with van der Waals surface area (Å²) < 4.78 is 0. The molecule has 0 heterocycles. The Morgan fingerprint density at radius 3 is 2.53 bits per heavy atom. The Bertz CT molecular complexity index is 170. The van der Waals surface area contributed by atoms with Crippen LogP contribution in [-0.2, 0) is 0 Å². The Kier molecular flexibility index (Phi) is 11.0. The summed E-state index contributed by atoms with van der Waals surface area (Å²) in [4.78, 5) is 3.92. The van der Waals surface area contributed by atoms with Gasteiger partial charge in [0.1, 0.15) is 0 Å². The zero-order valence-corrected chi connectivity index (χ0v) is 10.7. The van der Waals surface area contributed by atoms with Crippen LogP contribution in [0.5, 0.6) is 0 Å². The lowest BCUT2D eigenvalue weighted by atomic mass is 9.99. The fraction of sp³-hybridized carbons (Fsp3) is 0.786. The average molecular weight is 209 g/mol. The van der Waals surface area contributed by atoms with Crippen LogP contribution in [0.1, 0.15) is 58.8 Å². The monoisotopic (exact) mass is 209 g/mol. The Balaban J connectivity index is 3.29. The van der Waals surface area contributed by atoms with E-state index in [1.54, 1.807) is 0 Å². The number of allylic oxidation sites excluding steroid dienone is 2. The van der Waals surface area contributed by atoms with Gasteiger partial charge >= 0.3 is 0 Å². The summed E-state index contributed by atoms with van der Waals surface area (Å²) in [7, 11) is 1.81. The van der Waals surface area contributed by atoms with Gasteiger partial charge in [-0.2, -0.15) is 0 Å². The van der Waals surface area contributed by atoms with E-state index in [0.29, 0.717) is 0 Å². The van der Waals surface area contributed by atoms with Crippen LogP contribution < -0.4 is 0 Å². The van der Waals surface area contributed by atoms with Gasteiger partial charge in [-0.15, -0.1) is 0 Å². The van der Waals surface area contributed by atoms with Gasteiger partial charge in [0.05, 0.1) is 0 Å². The zero-order chi connectivity index (χ0) is 11.4. The maximum Gasteiger partial charge on any atom is 0.0277 e. The maximum absolute atomic E-state index is 3.92. The van der Waals surface area contributed by atoms with E-state index in [1.165, 1.54) is 44.9 Å². The Morgan fingerprint density at radius 2 is 1.87 bits per heavy atom. The molecule has 0 rings (SSSR count). The lowest BCUT2D eigenvalue weighted by molar-refractivity contribution is 0.490. The summed E-state index contributed by atoms with van der Waals surface area (Å²) in [6.45, 7) is 4.61. The predicted molar refractivity (Wildman–Crippen MR) is 70.7 cm³/mol. The van der Waals surface area contributed by atoms with Crippen LogP contribution in [0.2, 0.25) is 0 Å². The molecule has 1 unspecified atom stereocenters. The first kappa shape index (κ1) is 14.4. The number of nitrogens with zero attached hydrogens (tertiary/aromatic N) is 1. The number of unbranched alkanes of at least 4 members (excludes halogenated alkanes) is 4. The highest BCUT2D eigenvalue weighted by atomic mass is 14.6. The second kappa shape index (κ2) is 11.5. The summed E-state index contributed by atoms with van der Waals surface area (Å²) in [6.07, 6.45) is 15.7. The molecule has 15 heavy (non-hydrogen) atoms. The molecule has 1 nitrogen and oxygen atoms in total. The van der Waals surface area contributed by atoms with Crippen LogP contribution in [0.4, 0.5) is 0 Å². The maximum atomic E-state index is 3.92. The molecule has 0 aromatic rings. The fourth-order valence-electron chi connectivity index (χ4n) is 1.67. The molecule has 0 bridgehead atoms. The first-order valence-corrected chi connectivity index (χ1v) is 6.38. The molecule has 0 amide bonds. The first-order chi connectivity index (χ1) is 7.31. The fourth-order valence-corrected chi connectivity index (χ4v) is 1.67. The van der Waals surface area contributed by atoms with Gasteiger partial charge in [-0.25, -0.2) is 0 Å². The quantitative estimate of drug-likeness (QED) is 0.388. The highest BCUT2D eigenvalue weighted by molar-refractivity contribution is 5.70. The second-order valence-corrected chi connectivity index (χ2v) is 4.38. The third-order valence-electron chi connectivity index (χ3n) is 2.71. The van der Waals surface area contributed by atoms with Crippen LogP contribution in [-0.4, -0.2) is 13.3 Å². The molecule has 0 saturated carbocycles. The van der Waals surface area contributed by atoms with Gasteiger partial charge in [-0.05, 0) is 18.4 Å².